The lowest BCUT2D eigenvalue weighted by Gasteiger charge is -2.27. The number of hydrogen-bond donors (Lipinski definition) is 1. The van der Waals surface area contributed by atoms with Crippen molar-refractivity contribution in [3.63, 3.8) is 0 Å². The van der Waals surface area contributed by atoms with E-state index in [4.69, 9.17) is 19.2 Å². The SMILES string of the molecule is Fc1ccccc1Cn1nc(-c2ncc(F)c(N3CCOCC3)n2)cc1-c1ccon1.O=CO. The van der Waals surface area contributed by atoms with Gasteiger partial charge in [-0.25, -0.2) is 18.7 Å². The monoisotopic (exact) mass is 470 g/mol. The molecule has 0 aliphatic carbocycles. The molecule has 176 valence electrons. The van der Waals surface area contributed by atoms with Crippen LogP contribution >= 0.6 is 0 Å². The van der Waals surface area contributed by atoms with Crippen molar-refractivity contribution in [2.45, 2.75) is 6.54 Å². The van der Waals surface area contributed by atoms with Crippen molar-refractivity contribution in [1.82, 2.24) is 24.9 Å². The van der Waals surface area contributed by atoms with Crippen molar-refractivity contribution in [2.24, 2.45) is 0 Å². The van der Waals surface area contributed by atoms with E-state index in [1.807, 2.05) is 4.90 Å². The third-order valence-electron chi connectivity index (χ3n) is 5.02. The van der Waals surface area contributed by atoms with Gasteiger partial charge in [-0.3, -0.25) is 9.48 Å². The Morgan fingerprint density at radius 2 is 1.85 bits per heavy atom. The van der Waals surface area contributed by atoms with Crippen LogP contribution in [0.3, 0.4) is 0 Å². The summed E-state index contributed by atoms with van der Waals surface area (Å²) in [5.41, 5.74) is 2.03. The zero-order valence-corrected chi connectivity index (χ0v) is 17.8. The molecule has 0 saturated carbocycles. The summed E-state index contributed by atoms with van der Waals surface area (Å²) in [5.74, 6) is -0.369. The van der Waals surface area contributed by atoms with E-state index >= 15 is 0 Å². The minimum Gasteiger partial charge on any atom is -0.483 e. The maximum Gasteiger partial charge on any atom is 0.290 e. The molecule has 4 heterocycles. The molecule has 0 unspecified atom stereocenters. The first-order valence-electron chi connectivity index (χ1n) is 10.3. The van der Waals surface area contributed by atoms with E-state index in [-0.39, 0.29) is 30.5 Å². The number of aromatic nitrogens is 5. The van der Waals surface area contributed by atoms with Gasteiger partial charge < -0.3 is 19.3 Å². The molecule has 1 fully saturated rings. The zero-order valence-electron chi connectivity index (χ0n) is 17.8. The summed E-state index contributed by atoms with van der Waals surface area (Å²) in [5, 5.41) is 15.4. The second-order valence-corrected chi connectivity index (χ2v) is 7.12. The fourth-order valence-corrected chi connectivity index (χ4v) is 3.46. The first-order chi connectivity index (χ1) is 16.6. The van der Waals surface area contributed by atoms with E-state index in [9.17, 15) is 8.78 Å². The molecule has 0 spiro atoms. The second kappa shape index (κ2) is 10.6. The lowest BCUT2D eigenvalue weighted by molar-refractivity contribution is -0.122. The summed E-state index contributed by atoms with van der Waals surface area (Å²) < 4.78 is 40.5. The van der Waals surface area contributed by atoms with Crippen LogP contribution in [0.1, 0.15) is 5.56 Å². The Morgan fingerprint density at radius 3 is 2.56 bits per heavy atom. The molecular formula is C22H20F2N6O4. The van der Waals surface area contributed by atoms with Crippen LogP contribution in [0, 0.1) is 11.6 Å². The fourth-order valence-electron chi connectivity index (χ4n) is 3.46. The topological polar surface area (TPSA) is 119 Å². The van der Waals surface area contributed by atoms with Gasteiger partial charge in [0.25, 0.3) is 6.47 Å². The first kappa shape index (κ1) is 23.0. The quantitative estimate of drug-likeness (QED) is 0.439. The zero-order chi connectivity index (χ0) is 23.9. The molecule has 1 saturated heterocycles. The standard InChI is InChI=1S/C21H18F2N6O2.CH2O2/c22-15-4-2-1-3-14(15)13-29-19(17-5-8-31-27-17)11-18(26-29)20-24-12-16(23)21(25-20)28-6-9-30-10-7-28;2-1-3/h1-5,8,11-12H,6-7,9-10,13H2;1H,(H,2,3). The number of halogens is 2. The number of benzene rings is 1. The van der Waals surface area contributed by atoms with Gasteiger partial charge in [-0.1, -0.05) is 23.4 Å². The normalized spacial score (nSPS) is 13.3. The van der Waals surface area contributed by atoms with Crippen LogP contribution in [0.5, 0.6) is 0 Å². The summed E-state index contributed by atoms with van der Waals surface area (Å²) in [6.07, 6.45) is 2.58. The van der Waals surface area contributed by atoms with Crippen LogP contribution in [-0.2, 0) is 16.1 Å². The van der Waals surface area contributed by atoms with Crippen molar-refractivity contribution in [3.05, 3.63) is 66.1 Å². The van der Waals surface area contributed by atoms with Crippen LogP contribution < -0.4 is 4.90 Å². The van der Waals surface area contributed by atoms with E-state index in [1.54, 1.807) is 35.0 Å². The molecule has 1 aliphatic rings. The number of anilines is 1. The minimum absolute atomic E-state index is 0.173. The first-order valence-corrected chi connectivity index (χ1v) is 10.3. The van der Waals surface area contributed by atoms with Crippen molar-refractivity contribution in [2.75, 3.05) is 31.2 Å². The van der Waals surface area contributed by atoms with E-state index in [0.29, 0.717) is 48.9 Å². The molecule has 0 atom stereocenters. The van der Waals surface area contributed by atoms with Crippen molar-refractivity contribution in [3.8, 4) is 22.9 Å². The number of carbonyl (C=O) groups is 1. The number of morpholine rings is 1. The van der Waals surface area contributed by atoms with Gasteiger partial charge in [-0.05, 0) is 12.1 Å². The number of ether oxygens (including phenoxy) is 1. The Bertz CT molecular complexity index is 1240. The molecule has 4 aromatic rings. The largest absolute Gasteiger partial charge is 0.483 e. The van der Waals surface area contributed by atoms with Crippen LogP contribution in [-0.4, -0.2) is 62.8 Å². The molecule has 1 aromatic carbocycles. The predicted octanol–water partition coefficient (Wildman–Crippen LogP) is 2.86. The van der Waals surface area contributed by atoms with Crippen molar-refractivity contribution in [1.29, 1.82) is 0 Å². The molecule has 0 radical (unpaired) electrons. The molecule has 0 amide bonds. The summed E-state index contributed by atoms with van der Waals surface area (Å²) in [6, 6.07) is 9.89. The Balaban J connectivity index is 0.000000868. The van der Waals surface area contributed by atoms with Gasteiger partial charge in [0.2, 0.25) is 0 Å². The highest BCUT2D eigenvalue weighted by atomic mass is 19.1. The molecular weight excluding hydrogens is 450 g/mol. The Labute approximate surface area is 192 Å². The average Bonchev–Trinajstić information content (AvgIpc) is 3.52. The summed E-state index contributed by atoms with van der Waals surface area (Å²) >= 11 is 0. The predicted molar refractivity (Wildman–Crippen MR) is 116 cm³/mol. The maximum absolute atomic E-state index is 14.4. The molecule has 0 bridgehead atoms. The van der Waals surface area contributed by atoms with Gasteiger partial charge in [0.05, 0.1) is 31.6 Å². The van der Waals surface area contributed by atoms with Crippen LogP contribution in [0.4, 0.5) is 14.6 Å². The third-order valence-corrected chi connectivity index (χ3v) is 5.02. The van der Waals surface area contributed by atoms with Gasteiger partial charge in [-0.15, -0.1) is 0 Å². The molecule has 1 N–H and O–H groups in total. The Kier molecular flexibility index (Phi) is 7.18. The van der Waals surface area contributed by atoms with Crippen LogP contribution in [0.15, 0.2) is 53.4 Å². The summed E-state index contributed by atoms with van der Waals surface area (Å²) in [4.78, 5) is 18.7. The molecule has 12 heteroatoms. The second-order valence-electron chi connectivity index (χ2n) is 7.12. The molecule has 3 aromatic heterocycles. The van der Waals surface area contributed by atoms with Gasteiger partial charge >= 0.3 is 0 Å². The van der Waals surface area contributed by atoms with E-state index in [0.717, 1.165) is 6.20 Å². The van der Waals surface area contributed by atoms with Crippen molar-refractivity contribution < 1.29 is 27.9 Å². The average molecular weight is 470 g/mol. The highest BCUT2D eigenvalue weighted by molar-refractivity contribution is 5.63. The fraction of sp³-hybridized carbons (Fsp3) is 0.227. The summed E-state index contributed by atoms with van der Waals surface area (Å²) in [6.45, 7) is 2.02. The molecule has 1 aliphatic heterocycles. The molecule has 34 heavy (non-hydrogen) atoms. The Morgan fingerprint density at radius 1 is 1.09 bits per heavy atom. The van der Waals surface area contributed by atoms with Gasteiger partial charge in [0.1, 0.15) is 23.5 Å². The molecule has 5 rings (SSSR count). The van der Waals surface area contributed by atoms with Gasteiger partial charge in [-0.2, -0.15) is 5.10 Å². The lowest BCUT2D eigenvalue weighted by Crippen LogP contribution is -2.37. The highest BCUT2D eigenvalue weighted by Gasteiger charge is 2.21. The van der Waals surface area contributed by atoms with Gasteiger partial charge in [0.15, 0.2) is 17.5 Å². The van der Waals surface area contributed by atoms with Crippen LogP contribution in [0.2, 0.25) is 0 Å². The summed E-state index contributed by atoms with van der Waals surface area (Å²) in [7, 11) is 0. The number of hydrogen-bond acceptors (Lipinski definition) is 8. The van der Waals surface area contributed by atoms with E-state index in [2.05, 4.69) is 20.2 Å². The number of nitrogens with zero attached hydrogens (tertiary/aromatic N) is 6. The maximum atomic E-state index is 14.4. The van der Waals surface area contributed by atoms with E-state index < -0.39 is 5.82 Å². The molecule has 10 nitrogen and oxygen atoms in total. The van der Waals surface area contributed by atoms with Gasteiger partial charge in [0, 0.05) is 24.7 Å². The van der Waals surface area contributed by atoms with E-state index in [1.165, 1.54) is 12.3 Å². The number of rotatable bonds is 5. The lowest BCUT2D eigenvalue weighted by atomic mass is 10.2. The smallest absolute Gasteiger partial charge is 0.290 e. The Hall–Kier alpha value is -4.19. The van der Waals surface area contributed by atoms with Crippen molar-refractivity contribution >= 4 is 12.3 Å². The third kappa shape index (κ3) is 5.07. The van der Waals surface area contributed by atoms with Crippen LogP contribution in [0.25, 0.3) is 22.9 Å². The number of carboxylic acid groups (broad SMARTS) is 1. The minimum atomic E-state index is -0.506. The highest BCUT2D eigenvalue weighted by Crippen LogP contribution is 2.27.